The first-order valence-electron chi connectivity index (χ1n) is 4.43. The van der Waals surface area contributed by atoms with Gasteiger partial charge in [-0.15, -0.1) is 0 Å². The second kappa shape index (κ2) is 3.61. The highest BCUT2D eigenvalue weighted by molar-refractivity contribution is 9.10. The lowest BCUT2D eigenvalue weighted by Gasteiger charge is -2.09. The molecule has 0 aromatic heterocycles. The zero-order chi connectivity index (χ0) is 10.1. The number of carbonyl (C=O) groups is 1. The normalized spacial score (nSPS) is 15.2. The lowest BCUT2D eigenvalue weighted by molar-refractivity contribution is 0.0995. The minimum Gasteiger partial charge on any atom is -0.490 e. The van der Waals surface area contributed by atoms with Gasteiger partial charge in [0.25, 0.3) is 5.91 Å². The Morgan fingerprint density at radius 3 is 2.79 bits per heavy atom. The Morgan fingerprint density at radius 1 is 1.50 bits per heavy atom. The molecule has 0 unspecified atom stereocenters. The minimum absolute atomic E-state index is 0.266. The van der Waals surface area contributed by atoms with E-state index in [4.69, 9.17) is 10.5 Å². The maximum Gasteiger partial charge on any atom is 0.253 e. The van der Waals surface area contributed by atoms with Crippen LogP contribution >= 0.6 is 15.9 Å². The molecule has 0 saturated heterocycles. The van der Waals surface area contributed by atoms with Crippen LogP contribution in [-0.2, 0) is 0 Å². The molecular formula is C10H10BrNO2. The van der Waals surface area contributed by atoms with Gasteiger partial charge < -0.3 is 10.5 Å². The van der Waals surface area contributed by atoms with E-state index in [-0.39, 0.29) is 6.10 Å². The fourth-order valence-electron chi connectivity index (χ4n) is 1.21. The number of carbonyl (C=O) groups excluding carboxylic acids is 1. The molecule has 1 amide bonds. The van der Waals surface area contributed by atoms with Crippen molar-refractivity contribution in [2.45, 2.75) is 18.9 Å². The highest BCUT2D eigenvalue weighted by Crippen LogP contribution is 2.32. The predicted molar refractivity (Wildman–Crippen MR) is 56.3 cm³/mol. The molecule has 2 rings (SSSR count). The smallest absolute Gasteiger partial charge is 0.253 e. The highest BCUT2D eigenvalue weighted by Gasteiger charge is 2.25. The molecule has 1 aliphatic rings. The van der Waals surface area contributed by atoms with Crippen LogP contribution in [0.25, 0.3) is 0 Å². The Labute approximate surface area is 90.4 Å². The third-order valence-corrected chi connectivity index (χ3v) is 2.70. The minimum atomic E-state index is -0.465. The van der Waals surface area contributed by atoms with E-state index in [0.29, 0.717) is 15.8 Å². The number of rotatable bonds is 3. The van der Waals surface area contributed by atoms with Gasteiger partial charge in [0.15, 0.2) is 0 Å². The number of benzene rings is 1. The standard InChI is InChI=1S/C10H10BrNO2/c11-7-2-1-3-8(9(7)10(12)13)14-6-4-5-6/h1-3,6H,4-5H2,(H2,12,13). The second-order valence-electron chi connectivity index (χ2n) is 3.29. The summed E-state index contributed by atoms with van der Waals surface area (Å²) in [5, 5.41) is 0. The summed E-state index contributed by atoms with van der Waals surface area (Å²) in [5.41, 5.74) is 5.69. The van der Waals surface area contributed by atoms with Crippen molar-refractivity contribution in [1.82, 2.24) is 0 Å². The molecule has 14 heavy (non-hydrogen) atoms. The van der Waals surface area contributed by atoms with Gasteiger partial charge in [-0.05, 0) is 40.9 Å². The van der Waals surface area contributed by atoms with Gasteiger partial charge in [0, 0.05) is 4.47 Å². The lowest BCUT2D eigenvalue weighted by Crippen LogP contribution is -2.14. The first-order chi connectivity index (χ1) is 6.68. The molecule has 0 heterocycles. The molecule has 1 aromatic carbocycles. The maximum absolute atomic E-state index is 11.2. The average Bonchev–Trinajstić information content (AvgIpc) is 2.87. The van der Waals surface area contributed by atoms with Gasteiger partial charge in [-0.2, -0.15) is 0 Å². The third-order valence-electron chi connectivity index (χ3n) is 2.04. The number of hydrogen-bond donors (Lipinski definition) is 1. The van der Waals surface area contributed by atoms with Crippen molar-refractivity contribution in [3.8, 4) is 5.75 Å². The predicted octanol–water partition coefficient (Wildman–Crippen LogP) is 2.09. The Kier molecular flexibility index (Phi) is 2.46. The van der Waals surface area contributed by atoms with Crippen molar-refractivity contribution >= 4 is 21.8 Å². The lowest BCUT2D eigenvalue weighted by atomic mass is 10.2. The number of nitrogens with two attached hydrogens (primary N) is 1. The fraction of sp³-hybridized carbons (Fsp3) is 0.300. The fourth-order valence-corrected chi connectivity index (χ4v) is 1.75. The highest BCUT2D eigenvalue weighted by atomic mass is 79.9. The Bertz CT molecular complexity index is 374. The van der Waals surface area contributed by atoms with Crippen molar-refractivity contribution in [2.24, 2.45) is 5.73 Å². The summed E-state index contributed by atoms with van der Waals surface area (Å²) in [4.78, 5) is 11.2. The van der Waals surface area contributed by atoms with Gasteiger partial charge in [0.05, 0.1) is 11.7 Å². The van der Waals surface area contributed by atoms with Crippen LogP contribution in [0.5, 0.6) is 5.75 Å². The van der Waals surface area contributed by atoms with Crippen LogP contribution in [0.3, 0.4) is 0 Å². The van der Waals surface area contributed by atoms with Crippen molar-refractivity contribution in [1.29, 1.82) is 0 Å². The zero-order valence-electron chi connectivity index (χ0n) is 7.50. The first kappa shape index (κ1) is 9.52. The molecule has 2 N–H and O–H groups in total. The first-order valence-corrected chi connectivity index (χ1v) is 5.23. The van der Waals surface area contributed by atoms with E-state index in [0.717, 1.165) is 12.8 Å². The van der Waals surface area contributed by atoms with Crippen LogP contribution in [-0.4, -0.2) is 12.0 Å². The van der Waals surface area contributed by atoms with E-state index >= 15 is 0 Å². The Hall–Kier alpha value is -1.03. The molecule has 0 spiro atoms. The van der Waals surface area contributed by atoms with E-state index < -0.39 is 5.91 Å². The van der Waals surface area contributed by atoms with Gasteiger partial charge in [-0.3, -0.25) is 4.79 Å². The summed E-state index contributed by atoms with van der Waals surface area (Å²) in [6.45, 7) is 0. The van der Waals surface area contributed by atoms with Crippen molar-refractivity contribution in [2.75, 3.05) is 0 Å². The van der Waals surface area contributed by atoms with Crippen LogP contribution in [0.1, 0.15) is 23.2 Å². The molecule has 1 fully saturated rings. The van der Waals surface area contributed by atoms with Gasteiger partial charge in [0.2, 0.25) is 0 Å². The quantitative estimate of drug-likeness (QED) is 0.900. The van der Waals surface area contributed by atoms with Crippen LogP contribution in [0, 0.1) is 0 Å². The third kappa shape index (κ3) is 1.90. The SMILES string of the molecule is NC(=O)c1c(Br)cccc1OC1CC1. The molecule has 0 aliphatic heterocycles. The van der Waals surface area contributed by atoms with Gasteiger partial charge in [0.1, 0.15) is 5.75 Å². The van der Waals surface area contributed by atoms with Crippen LogP contribution < -0.4 is 10.5 Å². The zero-order valence-corrected chi connectivity index (χ0v) is 9.08. The molecule has 0 radical (unpaired) electrons. The van der Waals surface area contributed by atoms with Gasteiger partial charge in [-0.1, -0.05) is 6.07 Å². The van der Waals surface area contributed by atoms with Crippen LogP contribution in [0.4, 0.5) is 0 Å². The van der Waals surface area contributed by atoms with E-state index in [1.807, 2.05) is 6.07 Å². The van der Waals surface area contributed by atoms with Crippen LogP contribution in [0.15, 0.2) is 22.7 Å². The van der Waals surface area contributed by atoms with E-state index in [2.05, 4.69) is 15.9 Å². The van der Waals surface area contributed by atoms with Crippen molar-refractivity contribution in [3.05, 3.63) is 28.2 Å². The number of primary amides is 1. The monoisotopic (exact) mass is 255 g/mol. The van der Waals surface area contributed by atoms with Gasteiger partial charge >= 0.3 is 0 Å². The number of ether oxygens (including phenoxy) is 1. The Morgan fingerprint density at radius 2 is 2.21 bits per heavy atom. The molecule has 0 bridgehead atoms. The van der Waals surface area contributed by atoms with Crippen molar-refractivity contribution in [3.63, 3.8) is 0 Å². The molecular weight excluding hydrogens is 246 g/mol. The number of hydrogen-bond acceptors (Lipinski definition) is 2. The Balaban J connectivity index is 2.35. The summed E-state index contributed by atoms with van der Waals surface area (Å²) < 4.78 is 6.25. The second-order valence-corrected chi connectivity index (χ2v) is 4.15. The summed E-state index contributed by atoms with van der Waals surface area (Å²) in [6.07, 6.45) is 2.39. The molecule has 0 atom stereocenters. The van der Waals surface area contributed by atoms with Crippen LogP contribution in [0.2, 0.25) is 0 Å². The topological polar surface area (TPSA) is 52.3 Å². The summed E-state index contributed by atoms with van der Waals surface area (Å²) in [5.74, 6) is 0.113. The molecule has 74 valence electrons. The maximum atomic E-state index is 11.2. The van der Waals surface area contributed by atoms with Crippen molar-refractivity contribution < 1.29 is 9.53 Å². The van der Waals surface area contributed by atoms with E-state index in [9.17, 15) is 4.79 Å². The molecule has 1 aromatic rings. The molecule has 1 aliphatic carbocycles. The average molecular weight is 256 g/mol. The largest absolute Gasteiger partial charge is 0.490 e. The summed E-state index contributed by atoms with van der Waals surface area (Å²) >= 11 is 3.28. The number of amides is 1. The summed E-state index contributed by atoms with van der Waals surface area (Å²) in [7, 11) is 0. The van der Waals surface area contributed by atoms with E-state index in [1.54, 1.807) is 12.1 Å². The molecule has 3 nitrogen and oxygen atoms in total. The summed E-state index contributed by atoms with van der Waals surface area (Å²) in [6, 6.07) is 5.37. The van der Waals surface area contributed by atoms with E-state index in [1.165, 1.54) is 0 Å². The molecule has 1 saturated carbocycles. The number of halogens is 1. The molecule has 4 heteroatoms. The van der Waals surface area contributed by atoms with Gasteiger partial charge in [-0.25, -0.2) is 0 Å².